The van der Waals surface area contributed by atoms with Crippen molar-refractivity contribution in [2.24, 2.45) is 0 Å². The van der Waals surface area contributed by atoms with Gasteiger partial charge in [0.15, 0.2) is 5.82 Å². The fourth-order valence-electron chi connectivity index (χ4n) is 5.73. The number of hydrogen-bond acceptors (Lipinski definition) is 9. The summed E-state index contributed by atoms with van der Waals surface area (Å²) in [6.07, 6.45) is -2.05. The lowest BCUT2D eigenvalue weighted by Gasteiger charge is -2.40. The third kappa shape index (κ3) is 6.73. The van der Waals surface area contributed by atoms with E-state index in [2.05, 4.69) is 41.3 Å². The quantitative estimate of drug-likeness (QED) is 0.203. The standard InChI is InChI=1S/C31H30ClF4N9O2/c1-18-14-44(26-3-2-4-28(39-26)47-17-19-5-6-20(32)11-22(19)33)9-8-43(18)16-27-38-23-12-24(29-40-30(42-41-29)31(34,35)36)37-13-25(23)45(27)15-21-7-10-46-21/h2-6,11-13,18,21H,7-10,14-17H2,1H3,(H,40,41,42)/t18-,21-/m0/s1. The number of halogens is 5. The normalized spacial score (nSPS) is 18.9. The molecule has 16 heteroatoms. The van der Waals surface area contributed by atoms with E-state index < -0.39 is 17.8 Å². The van der Waals surface area contributed by atoms with Crippen molar-refractivity contribution in [1.82, 2.24) is 39.6 Å². The number of nitrogens with one attached hydrogen (secondary N) is 1. The maximum absolute atomic E-state index is 14.2. The summed E-state index contributed by atoms with van der Waals surface area (Å²) >= 11 is 5.85. The summed E-state index contributed by atoms with van der Waals surface area (Å²) in [4.78, 5) is 22.0. The van der Waals surface area contributed by atoms with Gasteiger partial charge in [-0.1, -0.05) is 23.7 Å². The summed E-state index contributed by atoms with van der Waals surface area (Å²) in [5, 5.41) is 5.97. The molecule has 5 aromatic rings. The van der Waals surface area contributed by atoms with Crippen molar-refractivity contribution >= 4 is 28.5 Å². The van der Waals surface area contributed by atoms with Crippen LogP contribution in [-0.4, -0.2) is 78.0 Å². The average molecular weight is 672 g/mol. The molecule has 2 fully saturated rings. The number of aromatic amines is 1. The number of pyridine rings is 2. The number of imidazole rings is 1. The Bertz CT molecular complexity index is 1890. The molecule has 1 N–H and O–H groups in total. The maximum Gasteiger partial charge on any atom is 0.451 e. The molecule has 0 spiro atoms. The second-order valence-electron chi connectivity index (χ2n) is 11.6. The molecule has 11 nitrogen and oxygen atoms in total. The third-order valence-corrected chi connectivity index (χ3v) is 8.64. The van der Waals surface area contributed by atoms with Gasteiger partial charge in [0.2, 0.25) is 11.7 Å². The number of benzene rings is 1. The fraction of sp³-hybridized carbons (Fsp3) is 0.387. The number of aromatic nitrogens is 7. The summed E-state index contributed by atoms with van der Waals surface area (Å²) in [5.74, 6) is 0.203. The molecule has 7 rings (SSSR count). The van der Waals surface area contributed by atoms with E-state index in [0.717, 1.165) is 30.1 Å². The van der Waals surface area contributed by atoms with Crippen molar-refractivity contribution in [2.75, 3.05) is 31.1 Å². The van der Waals surface area contributed by atoms with Crippen LogP contribution >= 0.6 is 11.6 Å². The molecule has 2 atom stereocenters. The lowest BCUT2D eigenvalue weighted by atomic mass is 10.1. The number of fused-ring (bicyclic) bond motifs is 1. The van der Waals surface area contributed by atoms with Gasteiger partial charge in [0, 0.05) is 48.9 Å². The number of nitrogens with zero attached hydrogens (tertiary/aromatic N) is 8. The van der Waals surface area contributed by atoms with E-state index in [1.54, 1.807) is 30.5 Å². The van der Waals surface area contributed by atoms with E-state index in [-0.39, 0.29) is 30.3 Å². The van der Waals surface area contributed by atoms with Crippen LogP contribution in [0.3, 0.4) is 0 Å². The number of H-pyrrole nitrogens is 1. The Labute approximate surface area is 271 Å². The average Bonchev–Trinajstić information content (AvgIpc) is 3.65. The van der Waals surface area contributed by atoms with Crippen LogP contribution in [0.4, 0.5) is 23.4 Å². The van der Waals surface area contributed by atoms with E-state index in [0.29, 0.717) is 54.8 Å². The molecule has 1 aromatic carbocycles. The van der Waals surface area contributed by atoms with Crippen LogP contribution in [0, 0.1) is 5.82 Å². The Morgan fingerprint density at radius 1 is 1.11 bits per heavy atom. The molecule has 0 radical (unpaired) electrons. The lowest BCUT2D eigenvalue weighted by molar-refractivity contribution is -0.144. The molecule has 0 amide bonds. The molecule has 4 aromatic heterocycles. The minimum Gasteiger partial charge on any atom is -0.473 e. The highest BCUT2D eigenvalue weighted by atomic mass is 35.5. The van der Waals surface area contributed by atoms with Gasteiger partial charge >= 0.3 is 6.18 Å². The third-order valence-electron chi connectivity index (χ3n) is 8.41. The minimum atomic E-state index is -4.64. The molecule has 2 aliphatic heterocycles. The largest absolute Gasteiger partial charge is 0.473 e. The highest BCUT2D eigenvalue weighted by molar-refractivity contribution is 6.30. The molecule has 0 unspecified atom stereocenters. The van der Waals surface area contributed by atoms with Gasteiger partial charge in [-0.3, -0.25) is 15.0 Å². The topological polar surface area (TPSA) is 110 Å². The van der Waals surface area contributed by atoms with Crippen LogP contribution < -0.4 is 9.64 Å². The molecule has 0 aliphatic carbocycles. The molecule has 0 bridgehead atoms. The van der Waals surface area contributed by atoms with E-state index >= 15 is 0 Å². The Kier molecular flexibility index (Phi) is 8.45. The molecular weight excluding hydrogens is 642 g/mol. The Morgan fingerprint density at radius 2 is 1.96 bits per heavy atom. The van der Waals surface area contributed by atoms with Crippen LogP contribution in [0.1, 0.15) is 30.6 Å². The molecule has 2 saturated heterocycles. The molecule has 6 heterocycles. The van der Waals surface area contributed by atoms with E-state index in [4.69, 9.17) is 26.1 Å². The first kappa shape index (κ1) is 31.3. The monoisotopic (exact) mass is 671 g/mol. The highest BCUT2D eigenvalue weighted by Gasteiger charge is 2.35. The number of hydrogen-bond donors (Lipinski definition) is 1. The smallest absolute Gasteiger partial charge is 0.451 e. The summed E-state index contributed by atoms with van der Waals surface area (Å²) in [6, 6.07) is 11.7. The van der Waals surface area contributed by atoms with Gasteiger partial charge in [-0.15, -0.1) is 0 Å². The fourth-order valence-corrected chi connectivity index (χ4v) is 5.88. The number of piperazine rings is 1. The van der Waals surface area contributed by atoms with Gasteiger partial charge < -0.3 is 18.9 Å². The van der Waals surface area contributed by atoms with Gasteiger partial charge in [-0.25, -0.2) is 14.4 Å². The molecule has 0 saturated carbocycles. The Morgan fingerprint density at radius 3 is 2.68 bits per heavy atom. The first-order valence-electron chi connectivity index (χ1n) is 15.1. The van der Waals surface area contributed by atoms with E-state index in [1.165, 1.54) is 6.07 Å². The van der Waals surface area contributed by atoms with Gasteiger partial charge in [0.1, 0.15) is 29.8 Å². The van der Waals surface area contributed by atoms with Crippen LogP contribution in [0.5, 0.6) is 5.88 Å². The minimum absolute atomic E-state index is 0.0281. The Hall–Kier alpha value is -4.34. The lowest BCUT2D eigenvalue weighted by Crippen LogP contribution is -2.52. The summed E-state index contributed by atoms with van der Waals surface area (Å²) < 4.78 is 67.0. The predicted octanol–water partition coefficient (Wildman–Crippen LogP) is 5.50. The summed E-state index contributed by atoms with van der Waals surface area (Å²) in [6.45, 7) is 6.15. The Balaban J connectivity index is 1.06. The first-order chi connectivity index (χ1) is 22.6. The van der Waals surface area contributed by atoms with Crippen molar-refractivity contribution in [1.29, 1.82) is 0 Å². The number of anilines is 1. The second kappa shape index (κ2) is 12.7. The van der Waals surface area contributed by atoms with Crippen LogP contribution in [0.25, 0.3) is 22.6 Å². The van der Waals surface area contributed by atoms with E-state index in [9.17, 15) is 17.6 Å². The van der Waals surface area contributed by atoms with Gasteiger partial charge in [0.25, 0.3) is 0 Å². The van der Waals surface area contributed by atoms with Crippen molar-refractivity contribution in [3.8, 4) is 17.4 Å². The second-order valence-corrected chi connectivity index (χ2v) is 12.0. The van der Waals surface area contributed by atoms with Crippen molar-refractivity contribution < 1.29 is 27.0 Å². The number of rotatable bonds is 9. The van der Waals surface area contributed by atoms with Crippen LogP contribution in [-0.2, 0) is 30.6 Å². The zero-order chi connectivity index (χ0) is 32.7. The number of ether oxygens (including phenoxy) is 2. The zero-order valence-electron chi connectivity index (χ0n) is 25.2. The van der Waals surface area contributed by atoms with Crippen molar-refractivity contribution in [3.63, 3.8) is 0 Å². The molecule has 246 valence electrons. The van der Waals surface area contributed by atoms with Gasteiger partial charge in [-0.2, -0.15) is 23.3 Å². The van der Waals surface area contributed by atoms with Crippen molar-refractivity contribution in [3.05, 3.63) is 76.7 Å². The molecule has 2 aliphatic rings. The summed E-state index contributed by atoms with van der Waals surface area (Å²) in [7, 11) is 0. The SMILES string of the molecule is C[C@H]1CN(c2cccc(OCc3ccc(Cl)cc3F)n2)CCN1Cc1nc2cc(-c3n[nH]c(C(F)(F)F)n3)ncc2n1C[C@@H]1CCO1. The molecular formula is C31H30ClF4N9O2. The number of alkyl halides is 3. The predicted molar refractivity (Wildman–Crippen MR) is 164 cm³/mol. The maximum atomic E-state index is 14.2. The van der Waals surface area contributed by atoms with Crippen LogP contribution in [0.15, 0.2) is 48.7 Å². The van der Waals surface area contributed by atoms with Gasteiger partial charge in [0.05, 0.1) is 36.4 Å². The highest BCUT2D eigenvalue weighted by Crippen LogP contribution is 2.29. The van der Waals surface area contributed by atoms with Crippen molar-refractivity contribution in [2.45, 2.75) is 51.4 Å². The molecule has 47 heavy (non-hydrogen) atoms. The van der Waals surface area contributed by atoms with Gasteiger partial charge in [-0.05, 0) is 37.6 Å². The van der Waals surface area contributed by atoms with E-state index in [1.807, 2.05) is 17.2 Å². The first-order valence-corrected chi connectivity index (χ1v) is 15.5. The summed E-state index contributed by atoms with van der Waals surface area (Å²) in [5.41, 5.74) is 1.93. The van der Waals surface area contributed by atoms with Crippen LogP contribution in [0.2, 0.25) is 5.02 Å². The zero-order valence-corrected chi connectivity index (χ0v) is 26.0.